The second-order valence-corrected chi connectivity index (χ2v) is 7.49. The van der Waals surface area contributed by atoms with Gasteiger partial charge in [0.1, 0.15) is 0 Å². The largest absolute Gasteiger partial charge is 0.286 e. The molecule has 2 saturated heterocycles. The van der Waals surface area contributed by atoms with E-state index in [1.54, 1.807) is 23.9 Å². The summed E-state index contributed by atoms with van der Waals surface area (Å²) in [6.07, 6.45) is 8.04. The van der Waals surface area contributed by atoms with Crippen LogP contribution in [0, 0.1) is 0 Å². The van der Waals surface area contributed by atoms with Crippen molar-refractivity contribution in [3.8, 4) is 0 Å². The number of carbonyl (C=O) groups is 2. The van der Waals surface area contributed by atoms with E-state index in [4.69, 9.17) is 0 Å². The summed E-state index contributed by atoms with van der Waals surface area (Å²) in [5, 5.41) is 0. The van der Waals surface area contributed by atoms with Gasteiger partial charge in [0.25, 0.3) is 0 Å². The minimum atomic E-state index is 0.281. The summed E-state index contributed by atoms with van der Waals surface area (Å²) in [6.45, 7) is 1.77. The first-order valence-electron chi connectivity index (χ1n) is 7.64. The summed E-state index contributed by atoms with van der Waals surface area (Å²) in [5.41, 5.74) is 0. The Labute approximate surface area is 130 Å². The third-order valence-corrected chi connectivity index (χ3v) is 6.07. The van der Waals surface area contributed by atoms with Crippen LogP contribution >= 0.6 is 23.9 Å². The van der Waals surface area contributed by atoms with Gasteiger partial charge >= 0.3 is 0 Å². The Hall–Kier alpha value is -0.360. The average Bonchev–Trinajstić information content (AvgIpc) is 2.77. The van der Waals surface area contributed by atoms with Crippen molar-refractivity contribution in [1.29, 1.82) is 0 Å². The molecule has 2 fully saturated rings. The highest BCUT2D eigenvalue weighted by Gasteiger charge is 2.19. The molecule has 0 saturated carbocycles. The number of amides is 2. The summed E-state index contributed by atoms with van der Waals surface area (Å²) < 4.78 is 3.86. The summed E-state index contributed by atoms with van der Waals surface area (Å²) in [5.74, 6) is 2.37. The molecule has 0 bridgehead atoms. The first-order valence-corrected chi connectivity index (χ1v) is 9.52. The van der Waals surface area contributed by atoms with E-state index in [2.05, 4.69) is 0 Å². The van der Waals surface area contributed by atoms with E-state index in [9.17, 15) is 9.59 Å². The van der Waals surface area contributed by atoms with Gasteiger partial charge in [0.15, 0.2) is 0 Å². The molecule has 2 amide bonds. The Bertz CT molecular complexity index is 307. The second-order valence-electron chi connectivity index (χ2n) is 5.28. The number of nitrogens with zero attached hydrogens (tertiary/aromatic N) is 2. The molecule has 0 aromatic rings. The monoisotopic (exact) mass is 316 g/mol. The fourth-order valence-electron chi connectivity index (χ4n) is 2.48. The van der Waals surface area contributed by atoms with Crippen molar-refractivity contribution in [2.45, 2.75) is 51.4 Å². The normalized spacial score (nSPS) is 21.8. The van der Waals surface area contributed by atoms with E-state index in [1.807, 2.05) is 8.61 Å². The van der Waals surface area contributed by atoms with Gasteiger partial charge in [-0.1, -0.05) is 12.8 Å². The molecule has 2 heterocycles. The molecule has 0 aliphatic carbocycles. The van der Waals surface area contributed by atoms with Crippen molar-refractivity contribution < 1.29 is 9.59 Å². The first kappa shape index (κ1) is 16.0. The zero-order valence-electron chi connectivity index (χ0n) is 12.0. The van der Waals surface area contributed by atoms with Crippen LogP contribution in [0.2, 0.25) is 0 Å². The van der Waals surface area contributed by atoms with Crippen LogP contribution in [0.4, 0.5) is 0 Å². The second kappa shape index (κ2) is 8.82. The summed E-state index contributed by atoms with van der Waals surface area (Å²) >= 11 is 3.28. The molecule has 0 N–H and O–H groups in total. The van der Waals surface area contributed by atoms with Gasteiger partial charge in [-0.05, 0) is 49.6 Å². The topological polar surface area (TPSA) is 40.6 Å². The van der Waals surface area contributed by atoms with E-state index in [0.29, 0.717) is 12.8 Å². The third kappa shape index (κ3) is 5.20. The molecule has 0 aromatic carbocycles. The minimum Gasteiger partial charge on any atom is -0.286 e. The van der Waals surface area contributed by atoms with Crippen molar-refractivity contribution in [2.24, 2.45) is 0 Å². The van der Waals surface area contributed by atoms with Crippen LogP contribution in [-0.2, 0) is 9.59 Å². The van der Waals surface area contributed by atoms with E-state index in [1.165, 1.54) is 12.8 Å². The smallest absolute Gasteiger partial charge is 0.232 e. The molecule has 2 aliphatic rings. The highest BCUT2D eigenvalue weighted by atomic mass is 32.2. The fraction of sp³-hybridized carbons (Fsp3) is 0.857. The van der Waals surface area contributed by atoms with Gasteiger partial charge in [0.2, 0.25) is 11.8 Å². The minimum absolute atomic E-state index is 0.281. The van der Waals surface area contributed by atoms with E-state index in [0.717, 1.165) is 50.3 Å². The van der Waals surface area contributed by atoms with E-state index < -0.39 is 0 Å². The zero-order valence-corrected chi connectivity index (χ0v) is 13.6. The SMILES string of the molecule is O=C1CCCCCN1SCCSN1CCCCCC1=O. The Morgan fingerprint density at radius 2 is 1.15 bits per heavy atom. The van der Waals surface area contributed by atoms with Gasteiger partial charge in [0, 0.05) is 37.4 Å². The number of rotatable bonds is 5. The molecule has 2 aliphatic heterocycles. The summed E-state index contributed by atoms with van der Waals surface area (Å²) in [4.78, 5) is 23.7. The van der Waals surface area contributed by atoms with E-state index in [-0.39, 0.29) is 11.8 Å². The lowest BCUT2D eigenvalue weighted by Gasteiger charge is -2.21. The van der Waals surface area contributed by atoms with Crippen LogP contribution < -0.4 is 0 Å². The van der Waals surface area contributed by atoms with Crippen molar-refractivity contribution >= 4 is 35.7 Å². The number of hydrogen-bond acceptors (Lipinski definition) is 4. The van der Waals surface area contributed by atoms with Gasteiger partial charge in [-0.2, -0.15) is 0 Å². The van der Waals surface area contributed by atoms with Crippen molar-refractivity contribution in [1.82, 2.24) is 8.61 Å². The molecule has 0 radical (unpaired) electrons. The lowest BCUT2D eigenvalue weighted by Crippen LogP contribution is -2.25. The maximum atomic E-state index is 11.8. The molecule has 4 nitrogen and oxygen atoms in total. The van der Waals surface area contributed by atoms with Gasteiger partial charge in [-0.15, -0.1) is 0 Å². The maximum absolute atomic E-state index is 11.8. The van der Waals surface area contributed by atoms with Crippen molar-refractivity contribution in [2.75, 3.05) is 24.6 Å². The maximum Gasteiger partial charge on any atom is 0.232 e. The molecule has 0 aromatic heterocycles. The van der Waals surface area contributed by atoms with Crippen molar-refractivity contribution in [3.63, 3.8) is 0 Å². The summed E-state index contributed by atoms with van der Waals surface area (Å²) in [7, 11) is 0. The van der Waals surface area contributed by atoms with Crippen LogP contribution in [0.25, 0.3) is 0 Å². The third-order valence-electron chi connectivity index (χ3n) is 3.64. The van der Waals surface area contributed by atoms with Gasteiger partial charge < -0.3 is 0 Å². The lowest BCUT2D eigenvalue weighted by molar-refractivity contribution is -0.126. The average molecular weight is 316 g/mol. The number of hydrogen-bond donors (Lipinski definition) is 0. The fourth-order valence-corrected chi connectivity index (χ4v) is 4.51. The lowest BCUT2D eigenvalue weighted by atomic mass is 10.2. The molecule has 0 atom stereocenters. The quantitative estimate of drug-likeness (QED) is 0.577. The predicted octanol–water partition coefficient (Wildman–Crippen LogP) is 3.09. The molecular weight excluding hydrogens is 292 g/mol. The van der Waals surface area contributed by atoms with Gasteiger partial charge in [-0.25, -0.2) is 0 Å². The Morgan fingerprint density at radius 3 is 1.60 bits per heavy atom. The van der Waals surface area contributed by atoms with Crippen LogP contribution in [0.1, 0.15) is 51.4 Å². The first-order chi connectivity index (χ1) is 9.77. The van der Waals surface area contributed by atoms with Crippen molar-refractivity contribution in [3.05, 3.63) is 0 Å². The van der Waals surface area contributed by atoms with E-state index >= 15 is 0 Å². The predicted molar refractivity (Wildman–Crippen MR) is 85.3 cm³/mol. The molecular formula is C14H24N2O2S2. The Morgan fingerprint density at radius 1 is 0.700 bits per heavy atom. The molecule has 114 valence electrons. The molecule has 0 spiro atoms. The van der Waals surface area contributed by atoms with Crippen LogP contribution in [0.5, 0.6) is 0 Å². The molecule has 6 heteroatoms. The summed E-state index contributed by atoms with van der Waals surface area (Å²) in [6, 6.07) is 0. The van der Waals surface area contributed by atoms with Crippen LogP contribution in [0.15, 0.2) is 0 Å². The van der Waals surface area contributed by atoms with Gasteiger partial charge in [-0.3, -0.25) is 18.2 Å². The standard InChI is InChI=1S/C14H24N2O2S2/c17-13-7-3-1-5-9-15(13)19-11-12-20-16-10-6-2-4-8-14(16)18/h1-12H2. The molecule has 0 unspecified atom stereocenters. The Kier molecular flexibility index (Phi) is 7.07. The highest BCUT2D eigenvalue weighted by Crippen LogP contribution is 2.23. The molecule has 2 rings (SSSR count). The number of carbonyl (C=O) groups excluding carboxylic acids is 2. The molecule has 20 heavy (non-hydrogen) atoms. The zero-order chi connectivity index (χ0) is 14.2. The van der Waals surface area contributed by atoms with Crippen LogP contribution in [0.3, 0.4) is 0 Å². The van der Waals surface area contributed by atoms with Gasteiger partial charge in [0.05, 0.1) is 0 Å². The van der Waals surface area contributed by atoms with Crippen LogP contribution in [-0.4, -0.2) is 45.0 Å². The highest BCUT2D eigenvalue weighted by molar-refractivity contribution is 8.01. The Balaban J connectivity index is 1.64.